The van der Waals surface area contributed by atoms with E-state index in [0.29, 0.717) is 17.0 Å². The van der Waals surface area contributed by atoms with Crippen molar-refractivity contribution in [3.8, 4) is 17.4 Å². The third kappa shape index (κ3) is 5.15. The first-order chi connectivity index (χ1) is 16.7. The topological polar surface area (TPSA) is 92.3 Å². The molecule has 10 heteroatoms. The molecule has 0 radical (unpaired) electrons. The lowest BCUT2D eigenvalue weighted by atomic mass is 9.95. The van der Waals surface area contributed by atoms with E-state index in [9.17, 15) is 28.0 Å². The molecule has 0 unspecified atom stereocenters. The van der Waals surface area contributed by atoms with Crippen molar-refractivity contribution in [1.29, 1.82) is 5.26 Å². The summed E-state index contributed by atoms with van der Waals surface area (Å²) in [6, 6.07) is 9.35. The summed E-state index contributed by atoms with van der Waals surface area (Å²) < 4.78 is 49.5. The molecule has 2 aromatic heterocycles. The Hall–Kier alpha value is -3.84. The fraction of sp³-hybridized carbons (Fsp3) is 0.240. The number of anilines is 1. The van der Waals surface area contributed by atoms with Gasteiger partial charge in [-0.15, -0.1) is 11.3 Å². The number of nitriles is 1. The molecular formula is C25H19F3N2O4S. The molecule has 0 bridgehead atoms. The first-order valence-electron chi connectivity index (χ1n) is 10.6. The monoisotopic (exact) mass is 500 g/mol. The Morgan fingerprint density at radius 1 is 1.20 bits per heavy atom. The minimum absolute atomic E-state index is 0.114. The molecule has 4 rings (SSSR count). The lowest BCUT2D eigenvalue weighted by Gasteiger charge is -2.11. The number of amides is 1. The Bertz CT molecular complexity index is 1360. The first-order valence-corrected chi connectivity index (χ1v) is 11.5. The average molecular weight is 500 g/mol. The van der Waals surface area contributed by atoms with Crippen LogP contribution in [0.3, 0.4) is 0 Å². The number of rotatable bonds is 5. The van der Waals surface area contributed by atoms with E-state index in [1.54, 1.807) is 6.07 Å². The molecule has 0 aliphatic heterocycles. The van der Waals surface area contributed by atoms with Gasteiger partial charge in [-0.2, -0.15) is 18.4 Å². The SMILES string of the molecule is COC(=O)c1c(NC(=O)C(C#N)=Cc2ccc(-c3cccc(C(F)(F)F)c3)o2)sc2c1CCCC2. The van der Waals surface area contributed by atoms with Crippen LogP contribution in [0.15, 0.2) is 46.4 Å². The average Bonchev–Trinajstić information content (AvgIpc) is 3.46. The normalized spacial score (nSPS) is 13.6. The number of hydrogen-bond acceptors (Lipinski definition) is 6. The van der Waals surface area contributed by atoms with E-state index < -0.39 is 23.6 Å². The number of carbonyl (C=O) groups is 2. The van der Waals surface area contributed by atoms with Gasteiger partial charge in [0.15, 0.2) is 0 Å². The van der Waals surface area contributed by atoms with Gasteiger partial charge in [0, 0.05) is 16.5 Å². The molecule has 1 aromatic carbocycles. The summed E-state index contributed by atoms with van der Waals surface area (Å²) in [5, 5.41) is 12.5. The number of nitrogens with one attached hydrogen (secondary N) is 1. The van der Waals surface area contributed by atoms with E-state index in [1.165, 1.54) is 48.8 Å². The number of aryl methyl sites for hydroxylation is 1. The highest BCUT2D eigenvalue weighted by Gasteiger charge is 2.31. The van der Waals surface area contributed by atoms with Crippen LogP contribution in [0.25, 0.3) is 17.4 Å². The zero-order valence-corrected chi connectivity index (χ0v) is 19.3. The van der Waals surface area contributed by atoms with Crippen molar-refractivity contribution in [2.24, 2.45) is 0 Å². The van der Waals surface area contributed by atoms with Crippen molar-refractivity contribution in [2.45, 2.75) is 31.9 Å². The molecule has 0 saturated carbocycles. The lowest BCUT2D eigenvalue weighted by Crippen LogP contribution is -2.16. The molecule has 3 aromatic rings. The van der Waals surface area contributed by atoms with Gasteiger partial charge in [0.1, 0.15) is 28.2 Å². The maximum absolute atomic E-state index is 13.0. The van der Waals surface area contributed by atoms with E-state index >= 15 is 0 Å². The predicted molar refractivity (Wildman–Crippen MR) is 124 cm³/mol. The number of alkyl halides is 3. The van der Waals surface area contributed by atoms with Crippen molar-refractivity contribution in [1.82, 2.24) is 0 Å². The van der Waals surface area contributed by atoms with Gasteiger partial charge in [-0.25, -0.2) is 4.79 Å². The van der Waals surface area contributed by atoms with Crippen molar-refractivity contribution < 1.29 is 31.9 Å². The zero-order chi connectivity index (χ0) is 25.2. The Morgan fingerprint density at radius 2 is 1.97 bits per heavy atom. The Kier molecular flexibility index (Phi) is 6.80. The van der Waals surface area contributed by atoms with Gasteiger partial charge in [0.05, 0.1) is 18.2 Å². The van der Waals surface area contributed by atoms with Crippen LogP contribution >= 0.6 is 11.3 Å². The molecule has 0 spiro atoms. The van der Waals surface area contributed by atoms with E-state index in [2.05, 4.69) is 5.32 Å². The Balaban J connectivity index is 1.59. The lowest BCUT2D eigenvalue weighted by molar-refractivity contribution is -0.137. The number of halogens is 3. The van der Waals surface area contributed by atoms with Crippen molar-refractivity contribution in [2.75, 3.05) is 12.4 Å². The number of furan rings is 1. The molecule has 35 heavy (non-hydrogen) atoms. The van der Waals surface area contributed by atoms with Crippen LogP contribution in [0.1, 0.15) is 45.0 Å². The van der Waals surface area contributed by atoms with E-state index in [-0.39, 0.29) is 22.7 Å². The number of esters is 1. The number of hydrogen-bond donors (Lipinski definition) is 1. The van der Waals surface area contributed by atoms with Crippen LogP contribution in [0.2, 0.25) is 0 Å². The molecule has 6 nitrogen and oxygen atoms in total. The number of ether oxygens (including phenoxy) is 1. The third-order valence-electron chi connectivity index (χ3n) is 5.54. The van der Waals surface area contributed by atoms with Crippen LogP contribution in [-0.2, 0) is 28.5 Å². The van der Waals surface area contributed by atoms with Crippen molar-refractivity contribution in [3.63, 3.8) is 0 Å². The highest BCUT2D eigenvalue weighted by atomic mass is 32.1. The van der Waals surface area contributed by atoms with Gasteiger partial charge in [-0.1, -0.05) is 12.1 Å². The standard InChI is InChI=1S/C25H19F3N2O4S/c1-33-24(32)21-18-7-2-3-8-20(18)35-23(21)30-22(31)15(13-29)12-17-9-10-19(34-17)14-5-4-6-16(11-14)25(26,27)28/h4-6,9-12H,2-3,7-8H2,1H3,(H,30,31). The second-order valence-corrected chi connectivity index (χ2v) is 8.92. The number of carbonyl (C=O) groups excluding carboxylic acids is 2. The molecule has 180 valence electrons. The maximum Gasteiger partial charge on any atom is 0.416 e. The molecule has 1 N–H and O–H groups in total. The fourth-order valence-electron chi connectivity index (χ4n) is 3.87. The summed E-state index contributed by atoms with van der Waals surface area (Å²) in [5.74, 6) is -1.03. The second-order valence-electron chi connectivity index (χ2n) is 7.81. The fourth-order valence-corrected chi connectivity index (χ4v) is 5.14. The van der Waals surface area contributed by atoms with Crippen molar-refractivity contribution >= 4 is 34.3 Å². The van der Waals surface area contributed by atoms with Crippen LogP contribution in [0, 0.1) is 11.3 Å². The molecule has 1 amide bonds. The highest BCUT2D eigenvalue weighted by Crippen LogP contribution is 2.39. The minimum Gasteiger partial charge on any atom is -0.465 e. The molecule has 1 aliphatic carbocycles. The molecule has 2 heterocycles. The van der Waals surface area contributed by atoms with Crippen LogP contribution in [0.4, 0.5) is 18.2 Å². The van der Waals surface area contributed by atoms with E-state index in [0.717, 1.165) is 41.8 Å². The number of fused-ring (bicyclic) bond motifs is 1. The number of methoxy groups -OCH3 is 1. The summed E-state index contributed by atoms with van der Waals surface area (Å²) in [7, 11) is 1.26. The van der Waals surface area contributed by atoms with Crippen LogP contribution < -0.4 is 5.32 Å². The minimum atomic E-state index is -4.50. The van der Waals surface area contributed by atoms with Gasteiger partial charge in [-0.05, 0) is 55.5 Å². The van der Waals surface area contributed by atoms with Gasteiger partial charge in [0.2, 0.25) is 0 Å². The smallest absolute Gasteiger partial charge is 0.416 e. The largest absolute Gasteiger partial charge is 0.465 e. The third-order valence-corrected chi connectivity index (χ3v) is 6.75. The highest BCUT2D eigenvalue weighted by molar-refractivity contribution is 7.17. The number of benzene rings is 1. The maximum atomic E-state index is 13.0. The summed E-state index contributed by atoms with van der Waals surface area (Å²) >= 11 is 1.29. The van der Waals surface area contributed by atoms with Crippen LogP contribution in [-0.4, -0.2) is 19.0 Å². The second kappa shape index (κ2) is 9.80. The predicted octanol–water partition coefficient (Wildman–Crippen LogP) is 6.24. The zero-order valence-electron chi connectivity index (χ0n) is 18.5. The molecule has 1 aliphatic rings. The van der Waals surface area contributed by atoms with Crippen LogP contribution in [0.5, 0.6) is 0 Å². The molecule has 0 saturated heterocycles. The molecule has 0 fully saturated rings. The number of thiophene rings is 1. The van der Waals surface area contributed by atoms with Crippen molar-refractivity contribution in [3.05, 3.63) is 69.3 Å². The summed E-state index contributed by atoms with van der Waals surface area (Å²) in [6.45, 7) is 0. The summed E-state index contributed by atoms with van der Waals surface area (Å²) in [4.78, 5) is 26.2. The Labute approximate surface area is 202 Å². The van der Waals surface area contributed by atoms with E-state index in [1.807, 2.05) is 0 Å². The summed E-state index contributed by atoms with van der Waals surface area (Å²) in [5.41, 5.74) is 0.261. The Morgan fingerprint density at radius 3 is 2.69 bits per heavy atom. The van der Waals surface area contributed by atoms with Gasteiger partial charge >= 0.3 is 12.1 Å². The summed E-state index contributed by atoms with van der Waals surface area (Å²) in [6.07, 6.45) is 0.108. The van der Waals surface area contributed by atoms with Gasteiger partial charge < -0.3 is 14.5 Å². The van der Waals surface area contributed by atoms with Gasteiger partial charge in [0.25, 0.3) is 5.91 Å². The number of nitrogens with zero attached hydrogens (tertiary/aromatic N) is 1. The molecule has 0 atom stereocenters. The van der Waals surface area contributed by atoms with Gasteiger partial charge in [-0.3, -0.25) is 4.79 Å². The van der Waals surface area contributed by atoms with E-state index in [4.69, 9.17) is 9.15 Å². The first kappa shape index (κ1) is 24.3. The quantitative estimate of drug-likeness (QED) is 0.254. The molecular weight excluding hydrogens is 481 g/mol.